The molecular weight excluding hydrogens is 208 g/mol. The second-order valence-corrected chi connectivity index (χ2v) is 3.58. The number of rotatable bonds is 3. The van der Waals surface area contributed by atoms with Crippen molar-refractivity contribution in [3.8, 4) is 0 Å². The Hall–Kier alpha value is -1.24. The Morgan fingerprint density at radius 1 is 1.71 bits per heavy atom. The highest BCUT2D eigenvalue weighted by Gasteiger charge is 2.27. The topological polar surface area (TPSA) is 84.5 Å². The second kappa shape index (κ2) is 4.85. The highest BCUT2D eigenvalue weighted by atomic mass is 32.2. The summed E-state index contributed by atoms with van der Waals surface area (Å²) in [5, 5.41) is 4.59. The van der Waals surface area contributed by atoms with Gasteiger partial charge in [-0.1, -0.05) is 11.8 Å². The number of esters is 1. The van der Waals surface area contributed by atoms with Gasteiger partial charge in [0.2, 0.25) is 5.91 Å². The standard InChI is InChI=1S/C7H10N2O4S/c1-13-5(10)2-8-6(11)4-3-14-7(12)9-4/h4H,2-3H2,1H3,(H,8,11)(H,9,12). The molecular formula is C7H10N2O4S. The first-order valence-electron chi connectivity index (χ1n) is 3.91. The maximum atomic E-state index is 11.3. The third kappa shape index (κ3) is 2.91. The monoisotopic (exact) mass is 218 g/mol. The van der Waals surface area contributed by atoms with Crippen LogP contribution in [0.3, 0.4) is 0 Å². The van der Waals surface area contributed by atoms with Crippen molar-refractivity contribution in [1.29, 1.82) is 0 Å². The van der Waals surface area contributed by atoms with Crippen molar-refractivity contribution in [3.63, 3.8) is 0 Å². The van der Waals surface area contributed by atoms with Crippen LogP contribution in [0.25, 0.3) is 0 Å². The van der Waals surface area contributed by atoms with Crippen molar-refractivity contribution in [2.24, 2.45) is 0 Å². The van der Waals surface area contributed by atoms with Gasteiger partial charge < -0.3 is 15.4 Å². The van der Waals surface area contributed by atoms with Crippen molar-refractivity contribution in [1.82, 2.24) is 10.6 Å². The van der Waals surface area contributed by atoms with Crippen LogP contribution in [0.4, 0.5) is 4.79 Å². The molecule has 2 N–H and O–H groups in total. The third-order valence-corrected chi connectivity index (χ3v) is 2.50. The molecule has 0 aromatic carbocycles. The third-order valence-electron chi connectivity index (χ3n) is 1.62. The van der Waals surface area contributed by atoms with Crippen LogP contribution in [0, 0.1) is 0 Å². The fourth-order valence-electron chi connectivity index (χ4n) is 0.881. The van der Waals surface area contributed by atoms with Crippen molar-refractivity contribution >= 4 is 28.9 Å². The molecule has 78 valence electrons. The van der Waals surface area contributed by atoms with Gasteiger partial charge in [0.15, 0.2) is 0 Å². The molecule has 0 saturated carbocycles. The van der Waals surface area contributed by atoms with Crippen LogP contribution in [-0.2, 0) is 14.3 Å². The smallest absolute Gasteiger partial charge is 0.325 e. The van der Waals surface area contributed by atoms with E-state index in [1.165, 1.54) is 7.11 Å². The lowest BCUT2D eigenvalue weighted by atomic mass is 10.3. The molecule has 1 atom stereocenters. The maximum absolute atomic E-state index is 11.3. The Kier molecular flexibility index (Phi) is 3.75. The van der Waals surface area contributed by atoms with Crippen LogP contribution in [0.15, 0.2) is 0 Å². The molecule has 1 saturated heterocycles. The molecule has 1 aliphatic heterocycles. The molecule has 0 aliphatic carbocycles. The molecule has 0 radical (unpaired) electrons. The van der Waals surface area contributed by atoms with E-state index in [1.54, 1.807) is 0 Å². The number of nitrogens with one attached hydrogen (secondary N) is 2. The number of ether oxygens (including phenoxy) is 1. The second-order valence-electron chi connectivity index (χ2n) is 2.59. The van der Waals surface area contributed by atoms with E-state index in [2.05, 4.69) is 15.4 Å². The Morgan fingerprint density at radius 2 is 2.43 bits per heavy atom. The molecule has 0 aromatic heterocycles. The Morgan fingerprint density at radius 3 is 2.93 bits per heavy atom. The van der Waals surface area contributed by atoms with Crippen LogP contribution in [0.1, 0.15) is 0 Å². The first-order chi connectivity index (χ1) is 6.63. The summed E-state index contributed by atoms with van der Waals surface area (Å²) in [4.78, 5) is 32.7. The normalized spacial score (nSPS) is 20.1. The van der Waals surface area contributed by atoms with E-state index in [0.717, 1.165) is 11.8 Å². The van der Waals surface area contributed by atoms with Gasteiger partial charge in [0, 0.05) is 5.75 Å². The molecule has 0 bridgehead atoms. The number of carbonyl (C=O) groups excluding carboxylic acids is 3. The molecule has 1 fully saturated rings. The summed E-state index contributed by atoms with van der Waals surface area (Å²) in [6.45, 7) is -0.174. The lowest BCUT2D eigenvalue weighted by Gasteiger charge is -2.08. The van der Waals surface area contributed by atoms with E-state index in [0.29, 0.717) is 5.75 Å². The van der Waals surface area contributed by atoms with Gasteiger partial charge in [-0.25, -0.2) is 0 Å². The van der Waals surface area contributed by atoms with Crippen molar-refractivity contribution in [2.75, 3.05) is 19.4 Å². The molecule has 1 heterocycles. The molecule has 1 rings (SSSR count). The Balaban J connectivity index is 2.28. The molecule has 0 aromatic rings. The van der Waals surface area contributed by atoms with Gasteiger partial charge in [0.05, 0.1) is 7.11 Å². The SMILES string of the molecule is COC(=O)CNC(=O)C1CSC(=O)N1. The number of carbonyl (C=O) groups is 3. The minimum Gasteiger partial charge on any atom is -0.468 e. The highest BCUT2D eigenvalue weighted by Crippen LogP contribution is 2.12. The van der Waals surface area contributed by atoms with Gasteiger partial charge in [-0.05, 0) is 0 Å². The maximum Gasteiger partial charge on any atom is 0.325 e. The van der Waals surface area contributed by atoms with E-state index in [9.17, 15) is 14.4 Å². The predicted octanol–water partition coefficient (Wildman–Crippen LogP) is -0.899. The van der Waals surface area contributed by atoms with Crippen LogP contribution in [0.2, 0.25) is 0 Å². The summed E-state index contributed by atoms with van der Waals surface area (Å²) in [6, 6.07) is -0.544. The molecule has 7 heteroatoms. The Labute approximate surface area is 84.7 Å². The zero-order valence-corrected chi connectivity index (χ0v) is 8.35. The summed E-state index contributed by atoms with van der Waals surface area (Å²) in [7, 11) is 1.24. The lowest BCUT2D eigenvalue weighted by Crippen LogP contribution is -2.44. The minimum atomic E-state index is -0.544. The molecule has 1 unspecified atom stereocenters. The average molecular weight is 218 g/mol. The summed E-state index contributed by atoms with van der Waals surface area (Å²) in [5.41, 5.74) is 0. The summed E-state index contributed by atoms with van der Waals surface area (Å²) in [6.07, 6.45) is 0. The number of methoxy groups -OCH3 is 1. The van der Waals surface area contributed by atoms with Crippen LogP contribution >= 0.6 is 11.8 Å². The van der Waals surface area contributed by atoms with Crippen molar-refractivity contribution in [3.05, 3.63) is 0 Å². The molecule has 6 nitrogen and oxygen atoms in total. The van der Waals surface area contributed by atoms with Crippen molar-refractivity contribution < 1.29 is 19.1 Å². The molecule has 0 spiro atoms. The van der Waals surface area contributed by atoms with Gasteiger partial charge in [0.25, 0.3) is 5.24 Å². The average Bonchev–Trinajstić information content (AvgIpc) is 2.60. The number of hydrogen-bond acceptors (Lipinski definition) is 5. The van der Waals surface area contributed by atoms with Crippen molar-refractivity contribution in [2.45, 2.75) is 6.04 Å². The fraction of sp³-hybridized carbons (Fsp3) is 0.571. The number of amides is 2. The lowest BCUT2D eigenvalue weighted by molar-refractivity contribution is -0.141. The highest BCUT2D eigenvalue weighted by molar-refractivity contribution is 8.14. The van der Waals surface area contributed by atoms with Crippen LogP contribution in [0.5, 0.6) is 0 Å². The zero-order chi connectivity index (χ0) is 10.6. The molecule has 2 amide bonds. The van der Waals surface area contributed by atoms with Gasteiger partial charge in [0.1, 0.15) is 12.6 Å². The van der Waals surface area contributed by atoms with Crippen LogP contribution < -0.4 is 10.6 Å². The van der Waals surface area contributed by atoms with E-state index >= 15 is 0 Å². The number of thioether (sulfide) groups is 1. The zero-order valence-electron chi connectivity index (χ0n) is 7.53. The van der Waals surface area contributed by atoms with E-state index < -0.39 is 12.0 Å². The van der Waals surface area contributed by atoms with E-state index in [1.807, 2.05) is 0 Å². The predicted molar refractivity (Wildman–Crippen MR) is 49.8 cm³/mol. The van der Waals surface area contributed by atoms with Gasteiger partial charge in [-0.3, -0.25) is 14.4 Å². The van der Waals surface area contributed by atoms with Gasteiger partial charge in [-0.2, -0.15) is 0 Å². The first kappa shape index (κ1) is 10.8. The summed E-state index contributed by atoms with van der Waals surface area (Å²) < 4.78 is 4.34. The quantitative estimate of drug-likeness (QED) is 0.600. The van der Waals surface area contributed by atoms with E-state index in [-0.39, 0.29) is 17.7 Å². The van der Waals surface area contributed by atoms with E-state index in [4.69, 9.17) is 0 Å². The van der Waals surface area contributed by atoms with Gasteiger partial charge in [-0.15, -0.1) is 0 Å². The minimum absolute atomic E-state index is 0.174. The summed E-state index contributed by atoms with van der Waals surface area (Å²) >= 11 is 1.05. The number of hydrogen-bond donors (Lipinski definition) is 2. The largest absolute Gasteiger partial charge is 0.468 e. The van der Waals surface area contributed by atoms with Gasteiger partial charge >= 0.3 is 5.97 Å². The molecule has 14 heavy (non-hydrogen) atoms. The first-order valence-corrected chi connectivity index (χ1v) is 4.90. The summed E-state index contributed by atoms with van der Waals surface area (Å²) in [5.74, 6) is -0.490. The molecule has 1 aliphatic rings. The Bertz CT molecular complexity index is 268. The fourth-order valence-corrected chi connectivity index (χ4v) is 1.66. The van der Waals surface area contributed by atoms with Crippen LogP contribution in [-0.4, -0.2) is 42.6 Å².